The van der Waals surface area contributed by atoms with Crippen LogP contribution in [0.1, 0.15) is 30.6 Å². The maximum Gasteiger partial charge on any atom is 0.251 e. The van der Waals surface area contributed by atoms with Gasteiger partial charge in [0, 0.05) is 19.2 Å². The van der Waals surface area contributed by atoms with Crippen LogP contribution in [-0.4, -0.2) is 30.7 Å². The second-order valence-corrected chi connectivity index (χ2v) is 5.05. The number of benzene rings is 1. The summed E-state index contributed by atoms with van der Waals surface area (Å²) in [5.74, 6) is 0.280. The zero-order valence-corrected chi connectivity index (χ0v) is 11.7. The molecule has 1 aromatic carbocycles. The van der Waals surface area contributed by atoms with Gasteiger partial charge in [0.15, 0.2) is 0 Å². The van der Waals surface area contributed by atoms with Crippen molar-refractivity contribution < 1.29 is 9.90 Å². The quantitative estimate of drug-likeness (QED) is 0.586. The Morgan fingerprint density at radius 2 is 2.11 bits per heavy atom. The van der Waals surface area contributed by atoms with Crippen LogP contribution in [0.25, 0.3) is 0 Å². The fourth-order valence-electron chi connectivity index (χ4n) is 1.86. The van der Waals surface area contributed by atoms with E-state index in [1.54, 1.807) is 25.2 Å². The first-order valence-corrected chi connectivity index (χ1v) is 6.47. The van der Waals surface area contributed by atoms with Crippen LogP contribution in [-0.2, 0) is 0 Å². The van der Waals surface area contributed by atoms with Gasteiger partial charge in [-0.15, -0.1) is 0 Å². The molecule has 106 valence electrons. The van der Waals surface area contributed by atoms with Gasteiger partial charge in [-0.25, -0.2) is 0 Å². The van der Waals surface area contributed by atoms with Gasteiger partial charge in [0.2, 0.25) is 0 Å². The fraction of sp³-hybridized carbons (Fsp3) is 0.500. The SMILES string of the molecule is CNC(=O)c1ccc(NCC(O)CC(C)C)c(N)c1. The third kappa shape index (κ3) is 4.79. The van der Waals surface area contributed by atoms with Crippen LogP contribution in [0.3, 0.4) is 0 Å². The van der Waals surface area contributed by atoms with Gasteiger partial charge in [-0.2, -0.15) is 0 Å². The smallest absolute Gasteiger partial charge is 0.251 e. The summed E-state index contributed by atoms with van der Waals surface area (Å²) in [5, 5.41) is 15.4. The highest BCUT2D eigenvalue weighted by Gasteiger charge is 2.09. The van der Waals surface area contributed by atoms with Crippen LogP contribution in [0.2, 0.25) is 0 Å². The van der Waals surface area contributed by atoms with Crippen LogP contribution >= 0.6 is 0 Å². The number of aliphatic hydroxyl groups is 1. The molecule has 0 aliphatic heterocycles. The largest absolute Gasteiger partial charge is 0.397 e. The zero-order valence-electron chi connectivity index (χ0n) is 11.7. The summed E-state index contributed by atoms with van der Waals surface area (Å²) in [6, 6.07) is 5.07. The molecule has 5 heteroatoms. The van der Waals surface area contributed by atoms with E-state index in [2.05, 4.69) is 24.5 Å². The standard InChI is InChI=1S/C14H23N3O2/c1-9(2)6-11(18)8-17-13-5-4-10(7-12(13)15)14(19)16-3/h4-5,7,9,11,17-18H,6,8,15H2,1-3H3,(H,16,19). The molecule has 0 aliphatic rings. The molecule has 5 nitrogen and oxygen atoms in total. The molecule has 0 radical (unpaired) electrons. The lowest BCUT2D eigenvalue weighted by atomic mass is 10.1. The summed E-state index contributed by atoms with van der Waals surface area (Å²) in [5.41, 5.74) is 7.63. The minimum atomic E-state index is -0.405. The molecule has 5 N–H and O–H groups in total. The van der Waals surface area contributed by atoms with Crippen molar-refractivity contribution in [2.45, 2.75) is 26.4 Å². The number of anilines is 2. The Bertz CT molecular complexity index is 433. The van der Waals surface area contributed by atoms with E-state index in [0.717, 1.165) is 12.1 Å². The van der Waals surface area contributed by atoms with Crippen LogP contribution in [0.15, 0.2) is 18.2 Å². The van der Waals surface area contributed by atoms with Crippen molar-refractivity contribution in [2.75, 3.05) is 24.6 Å². The highest BCUT2D eigenvalue weighted by atomic mass is 16.3. The maximum atomic E-state index is 11.4. The van der Waals surface area contributed by atoms with Gasteiger partial charge in [0.05, 0.1) is 17.5 Å². The molecular formula is C14H23N3O2. The highest BCUT2D eigenvalue weighted by Crippen LogP contribution is 2.20. The lowest BCUT2D eigenvalue weighted by Crippen LogP contribution is -2.22. The first kappa shape index (κ1) is 15.3. The lowest BCUT2D eigenvalue weighted by Gasteiger charge is -2.16. The number of nitrogen functional groups attached to an aromatic ring is 1. The van der Waals surface area contributed by atoms with Crippen molar-refractivity contribution in [3.8, 4) is 0 Å². The van der Waals surface area contributed by atoms with Gasteiger partial charge in [0.25, 0.3) is 5.91 Å². The molecule has 1 amide bonds. The average molecular weight is 265 g/mol. The van der Waals surface area contributed by atoms with E-state index in [0.29, 0.717) is 23.7 Å². The Balaban J connectivity index is 2.62. The minimum absolute atomic E-state index is 0.168. The summed E-state index contributed by atoms with van der Waals surface area (Å²) >= 11 is 0. The Kier molecular flexibility index (Phi) is 5.63. The van der Waals surface area contributed by atoms with Crippen molar-refractivity contribution in [1.82, 2.24) is 5.32 Å². The molecule has 0 heterocycles. The fourth-order valence-corrected chi connectivity index (χ4v) is 1.86. The third-order valence-corrected chi connectivity index (χ3v) is 2.81. The summed E-state index contributed by atoms with van der Waals surface area (Å²) in [6.45, 7) is 4.58. The van der Waals surface area contributed by atoms with E-state index in [4.69, 9.17) is 5.73 Å². The summed E-state index contributed by atoms with van der Waals surface area (Å²) in [6.07, 6.45) is 0.335. The molecule has 1 aromatic rings. The van der Waals surface area contributed by atoms with Crippen molar-refractivity contribution >= 4 is 17.3 Å². The van der Waals surface area contributed by atoms with Crippen LogP contribution < -0.4 is 16.4 Å². The van der Waals surface area contributed by atoms with E-state index >= 15 is 0 Å². The number of hydrogen-bond donors (Lipinski definition) is 4. The Hall–Kier alpha value is -1.75. The Morgan fingerprint density at radius 1 is 1.42 bits per heavy atom. The number of carbonyl (C=O) groups is 1. The minimum Gasteiger partial charge on any atom is -0.397 e. The normalized spacial score (nSPS) is 12.3. The molecule has 0 saturated heterocycles. The predicted molar refractivity (Wildman–Crippen MR) is 78.2 cm³/mol. The van der Waals surface area contributed by atoms with E-state index in [1.807, 2.05) is 0 Å². The molecule has 0 aliphatic carbocycles. The van der Waals surface area contributed by atoms with Crippen LogP contribution in [0, 0.1) is 5.92 Å². The van der Waals surface area contributed by atoms with Gasteiger partial charge >= 0.3 is 0 Å². The predicted octanol–water partition coefficient (Wildman–Crippen LogP) is 1.45. The van der Waals surface area contributed by atoms with Gasteiger partial charge in [-0.1, -0.05) is 13.8 Å². The van der Waals surface area contributed by atoms with E-state index in [-0.39, 0.29) is 5.91 Å². The molecular weight excluding hydrogens is 242 g/mol. The number of rotatable bonds is 6. The second-order valence-electron chi connectivity index (χ2n) is 5.05. The molecule has 0 spiro atoms. The van der Waals surface area contributed by atoms with Crippen molar-refractivity contribution in [3.05, 3.63) is 23.8 Å². The van der Waals surface area contributed by atoms with Crippen molar-refractivity contribution in [1.29, 1.82) is 0 Å². The zero-order chi connectivity index (χ0) is 14.4. The van der Waals surface area contributed by atoms with Gasteiger partial charge in [-0.3, -0.25) is 4.79 Å². The molecule has 1 unspecified atom stereocenters. The molecule has 0 saturated carbocycles. The topological polar surface area (TPSA) is 87.4 Å². The number of amides is 1. The number of aliphatic hydroxyl groups excluding tert-OH is 1. The second kappa shape index (κ2) is 6.99. The average Bonchev–Trinajstić information content (AvgIpc) is 2.35. The molecule has 1 rings (SSSR count). The number of hydrogen-bond acceptors (Lipinski definition) is 4. The van der Waals surface area contributed by atoms with Gasteiger partial charge < -0.3 is 21.5 Å². The lowest BCUT2D eigenvalue weighted by molar-refractivity contribution is 0.0963. The Morgan fingerprint density at radius 3 is 2.63 bits per heavy atom. The number of nitrogens with two attached hydrogens (primary N) is 1. The summed E-state index contributed by atoms with van der Waals surface area (Å²) in [7, 11) is 1.58. The number of carbonyl (C=O) groups excluding carboxylic acids is 1. The molecule has 0 fully saturated rings. The molecule has 0 bridgehead atoms. The van der Waals surface area contributed by atoms with Gasteiger partial charge in [0.1, 0.15) is 0 Å². The van der Waals surface area contributed by atoms with Crippen LogP contribution in [0.5, 0.6) is 0 Å². The highest BCUT2D eigenvalue weighted by molar-refractivity contribution is 5.95. The van der Waals surface area contributed by atoms with Crippen molar-refractivity contribution in [2.24, 2.45) is 5.92 Å². The van der Waals surface area contributed by atoms with E-state index in [1.165, 1.54) is 0 Å². The first-order valence-electron chi connectivity index (χ1n) is 6.47. The Labute approximate surface area is 114 Å². The first-order chi connectivity index (χ1) is 8.93. The molecule has 0 aromatic heterocycles. The van der Waals surface area contributed by atoms with Crippen LogP contribution in [0.4, 0.5) is 11.4 Å². The summed E-state index contributed by atoms with van der Waals surface area (Å²) in [4.78, 5) is 11.4. The van der Waals surface area contributed by atoms with E-state index < -0.39 is 6.10 Å². The van der Waals surface area contributed by atoms with Gasteiger partial charge in [-0.05, 0) is 30.5 Å². The molecule has 1 atom stereocenters. The van der Waals surface area contributed by atoms with Crippen molar-refractivity contribution in [3.63, 3.8) is 0 Å². The molecule has 19 heavy (non-hydrogen) atoms. The maximum absolute atomic E-state index is 11.4. The summed E-state index contributed by atoms with van der Waals surface area (Å²) < 4.78 is 0. The third-order valence-electron chi connectivity index (χ3n) is 2.81. The monoisotopic (exact) mass is 265 g/mol. The van der Waals surface area contributed by atoms with E-state index in [9.17, 15) is 9.90 Å². The number of nitrogens with one attached hydrogen (secondary N) is 2.